The Labute approximate surface area is 111 Å². The van der Waals surface area contributed by atoms with Crippen LogP contribution < -0.4 is 5.73 Å². The number of aliphatic hydroxyl groups is 1. The molecule has 0 aliphatic heterocycles. The highest BCUT2D eigenvalue weighted by molar-refractivity contribution is 14.1. The van der Waals surface area contributed by atoms with Gasteiger partial charge in [-0.25, -0.2) is 0 Å². The zero-order valence-electron chi connectivity index (χ0n) is 10.1. The van der Waals surface area contributed by atoms with Gasteiger partial charge in [-0.05, 0) is 53.6 Å². The minimum Gasteiger partial charge on any atom is -0.385 e. The molecule has 2 nitrogen and oxygen atoms in total. The Hall–Kier alpha value is -0.130. The lowest BCUT2D eigenvalue weighted by Gasteiger charge is -2.42. The van der Waals surface area contributed by atoms with Crippen LogP contribution in [-0.4, -0.2) is 11.7 Å². The molecule has 1 rings (SSSR count). The fraction of sp³-hybridized carbons (Fsp3) is 0.538. The Morgan fingerprint density at radius 1 is 1.25 bits per heavy atom. The first-order valence-corrected chi connectivity index (χ1v) is 6.64. The highest BCUT2D eigenvalue weighted by Gasteiger charge is 2.41. The van der Waals surface area contributed by atoms with Gasteiger partial charge in [0, 0.05) is 15.5 Å². The molecule has 16 heavy (non-hydrogen) atoms. The number of rotatable bonds is 4. The van der Waals surface area contributed by atoms with Crippen LogP contribution in [0.25, 0.3) is 0 Å². The van der Waals surface area contributed by atoms with Crippen molar-refractivity contribution in [2.45, 2.75) is 32.8 Å². The second-order valence-electron chi connectivity index (χ2n) is 4.70. The number of nitrogens with two attached hydrogens (primary N) is 1. The van der Waals surface area contributed by atoms with Crippen molar-refractivity contribution in [1.29, 1.82) is 0 Å². The topological polar surface area (TPSA) is 46.2 Å². The molecule has 3 heteroatoms. The first-order chi connectivity index (χ1) is 7.37. The van der Waals surface area contributed by atoms with Gasteiger partial charge in [0.1, 0.15) is 0 Å². The molecule has 1 aromatic carbocycles. The molecule has 0 aromatic heterocycles. The molecule has 0 aliphatic rings. The Balaban J connectivity index is 3.14. The van der Waals surface area contributed by atoms with E-state index in [2.05, 4.69) is 29.5 Å². The molecule has 2 unspecified atom stereocenters. The maximum absolute atomic E-state index is 10.7. The van der Waals surface area contributed by atoms with Crippen LogP contribution in [0.4, 0.5) is 0 Å². The van der Waals surface area contributed by atoms with Gasteiger partial charge in [-0.3, -0.25) is 0 Å². The second-order valence-corrected chi connectivity index (χ2v) is 5.94. The maximum Gasteiger partial charge on any atom is 0.0933 e. The molecule has 0 saturated heterocycles. The van der Waals surface area contributed by atoms with Crippen molar-refractivity contribution < 1.29 is 5.11 Å². The monoisotopic (exact) mass is 333 g/mol. The lowest BCUT2D eigenvalue weighted by Crippen LogP contribution is -2.46. The molecule has 2 atom stereocenters. The second kappa shape index (κ2) is 5.02. The first kappa shape index (κ1) is 13.9. The quantitative estimate of drug-likeness (QED) is 0.833. The summed E-state index contributed by atoms with van der Waals surface area (Å²) in [5.41, 5.74) is 5.56. The lowest BCUT2D eigenvalue weighted by atomic mass is 9.69. The zero-order valence-corrected chi connectivity index (χ0v) is 12.3. The number of hydrogen-bond donors (Lipinski definition) is 2. The fourth-order valence-electron chi connectivity index (χ4n) is 1.81. The molecule has 0 radical (unpaired) electrons. The van der Waals surface area contributed by atoms with Crippen molar-refractivity contribution in [1.82, 2.24) is 0 Å². The standard InChI is InChI=1S/C13H20INO/c1-4-12(2,9-15)13(3,16)10-5-7-11(14)8-6-10/h5-8,16H,4,9,15H2,1-3H3. The van der Waals surface area contributed by atoms with Gasteiger partial charge in [0.2, 0.25) is 0 Å². The van der Waals surface area contributed by atoms with Crippen LogP contribution in [0.5, 0.6) is 0 Å². The largest absolute Gasteiger partial charge is 0.385 e. The molecule has 90 valence electrons. The molecular formula is C13H20INO. The zero-order chi connectivity index (χ0) is 12.4. The fourth-order valence-corrected chi connectivity index (χ4v) is 2.17. The van der Waals surface area contributed by atoms with E-state index in [0.29, 0.717) is 6.54 Å². The lowest BCUT2D eigenvalue weighted by molar-refractivity contribution is -0.0646. The summed E-state index contributed by atoms with van der Waals surface area (Å²) < 4.78 is 1.17. The van der Waals surface area contributed by atoms with Crippen molar-refractivity contribution in [3.8, 4) is 0 Å². The van der Waals surface area contributed by atoms with E-state index in [4.69, 9.17) is 5.73 Å². The molecular weight excluding hydrogens is 313 g/mol. The third-order valence-corrected chi connectivity index (χ3v) is 4.53. The van der Waals surface area contributed by atoms with Crippen LogP contribution in [0.1, 0.15) is 32.8 Å². The SMILES string of the molecule is CCC(C)(CN)C(C)(O)c1ccc(I)cc1. The predicted octanol–water partition coefficient (Wildman–Crippen LogP) is 2.87. The molecule has 0 aliphatic carbocycles. The highest BCUT2D eigenvalue weighted by atomic mass is 127. The molecule has 0 amide bonds. The van der Waals surface area contributed by atoms with Gasteiger partial charge in [-0.1, -0.05) is 26.0 Å². The summed E-state index contributed by atoms with van der Waals surface area (Å²) in [6, 6.07) is 7.98. The summed E-state index contributed by atoms with van der Waals surface area (Å²) in [5.74, 6) is 0. The summed E-state index contributed by atoms with van der Waals surface area (Å²) in [6.45, 7) is 6.42. The molecule has 0 bridgehead atoms. The molecule has 1 aromatic rings. The van der Waals surface area contributed by atoms with Crippen LogP contribution in [0.3, 0.4) is 0 Å². The first-order valence-electron chi connectivity index (χ1n) is 5.56. The average molecular weight is 333 g/mol. The van der Waals surface area contributed by atoms with Crippen LogP contribution >= 0.6 is 22.6 Å². The van der Waals surface area contributed by atoms with Gasteiger partial charge in [-0.15, -0.1) is 0 Å². The molecule has 0 saturated carbocycles. The summed E-state index contributed by atoms with van der Waals surface area (Å²) in [4.78, 5) is 0. The molecule has 3 N–H and O–H groups in total. The van der Waals surface area contributed by atoms with Crippen LogP contribution in [0.15, 0.2) is 24.3 Å². The number of halogens is 1. The molecule has 0 heterocycles. The summed E-state index contributed by atoms with van der Waals surface area (Å²) in [5, 5.41) is 10.7. The third kappa shape index (κ3) is 2.41. The van der Waals surface area contributed by atoms with Crippen LogP contribution in [0, 0.1) is 8.99 Å². The van der Waals surface area contributed by atoms with Gasteiger partial charge >= 0.3 is 0 Å². The summed E-state index contributed by atoms with van der Waals surface area (Å²) in [7, 11) is 0. The van der Waals surface area contributed by atoms with Gasteiger partial charge in [0.25, 0.3) is 0 Å². The van der Waals surface area contributed by atoms with E-state index in [1.165, 1.54) is 3.57 Å². The Morgan fingerprint density at radius 2 is 1.75 bits per heavy atom. The van der Waals surface area contributed by atoms with E-state index < -0.39 is 5.60 Å². The number of benzene rings is 1. The van der Waals surface area contributed by atoms with E-state index in [1.807, 2.05) is 38.1 Å². The van der Waals surface area contributed by atoms with E-state index >= 15 is 0 Å². The van der Waals surface area contributed by atoms with Crippen LogP contribution in [-0.2, 0) is 5.60 Å². The van der Waals surface area contributed by atoms with Crippen molar-refractivity contribution in [3.63, 3.8) is 0 Å². The Morgan fingerprint density at radius 3 is 2.12 bits per heavy atom. The number of hydrogen-bond acceptors (Lipinski definition) is 2. The highest BCUT2D eigenvalue weighted by Crippen LogP contribution is 2.41. The van der Waals surface area contributed by atoms with Crippen molar-refractivity contribution in [3.05, 3.63) is 33.4 Å². The van der Waals surface area contributed by atoms with E-state index in [1.54, 1.807) is 0 Å². The van der Waals surface area contributed by atoms with Crippen LogP contribution in [0.2, 0.25) is 0 Å². The maximum atomic E-state index is 10.7. The third-order valence-electron chi connectivity index (χ3n) is 3.81. The van der Waals surface area contributed by atoms with Crippen molar-refractivity contribution in [2.24, 2.45) is 11.1 Å². The van der Waals surface area contributed by atoms with E-state index in [9.17, 15) is 5.11 Å². The minimum absolute atomic E-state index is 0.292. The van der Waals surface area contributed by atoms with Gasteiger partial charge in [-0.2, -0.15) is 0 Å². The van der Waals surface area contributed by atoms with E-state index in [0.717, 1.165) is 12.0 Å². The smallest absolute Gasteiger partial charge is 0.0933 e. The van der Waals surface area contributed by atoms with Crippen molar-refractivity contribution >= 4 is 22.6 Å². The molecule has 0 spiro atoms. The minimum atomic E-state index is -0.888. The Kier molecular flexibility index (Phi) is 4.37. The summed E-state index contributed by atoms with van der Waals surface area (Å²) >= 11 is 2.26. The molecule has 0 fully saturated rings. The summed E-state index contributed by atoms with van der Waals surface area (Å²) in [6.07, 6.45) is 0.850. The average Bonchev–Trinajstić information content (AvgIpc) is 2.28. The Bertz CT molecular complexity index is 341. The van der Waals surface area contributed by atoms with E-state index in [-0.39, 0.29) is 5.41 Å². The van der Waals surface area contributed by atoms with Gasteiger partial charge in [0.05, 0.1) is 5.60 Å². The van der Waals surface area contributed by atoms with Gasteiger partial charge < -0.3 is 10.8 Å². The predicted molar refractivity (Wildman–Crippen MR) is 76.2 cm³/mol. The normalized spacial score (nSPS) is 18.9. The van der Waals surface area contributed by atoms with Gasteiger partial charge in [0.15, 0.2) is 0 Å². The van der Waals surface area contributed by atoms with Crippen molar-refractivity contribution in [2.75, 3.05) is 6.54 Å².